The molecule has 172 valence electrons. The van der Waals surface area contributed by atoms with Gasteiger partial charge in [0, 0.05) is 50.3 Å². The highest BCUT2D eigenvalue weighted by Gasteiger charge is 2.30. The number of carbonyl (C=O) groups is 2. The molecule has 6 heteroatoms. The van der Waals surface area contributed by atoms with Crippen LogP contribution in [0.1, 0.15) is 40.9 Å². The molecule has 0 radical (unpaired) electrons. The Balaban J connectivity index is 1.27. The second-order valence-electron chi connectivity index (χ2n) is 8.86. The van der Waals surface area contributed by atoms with Gasteiger partial charge < -0.3 is 14.3 Å². The smallest absolute Gasteiger partial charge is 0.253 e. The van der Waals surface area contributed by atoms with Gasteiger partial charge in [0.15, 0.2) is 0 Å². The summed E-state index contributed by atoms with van der Waals surface area (Å²) in [6, 6.07) is 19.5. The van der Waals surface area contributed by atoms with Crippen molar-refractivity contribution in [1.82, 2.24) is 15.0 Å². The van der Waals surface area contributed by atoms with E-state index in [4.69, 9.17) is 4.52 Å². The molecule has 1 saturated heterocycles. The Bertz CT molecular complexity index is 1080. The first-order chi connectivity index (χ1) is 16.0. The van der Waals surface area contributed by atoms with E-state index in [1.807, 2.05) is 79.5 Å². The zero-order chi connectivity index (χ0) is 23.2. The maximum atomic E-state index is 13.0. The summed E-state index contributed by atoms with van der Waals surface area (Å²) in [5, 5.41) is 4.15. The number of piperidine rings is 1. The van der Waals surface area contributed by atoms with Gasteiger partial charge in [-0.15, -0.1) is 0 Å². The topological polar surface area (TPSA) is 66.7 Å². The number of hydrogen-bond acceptors (Lipinski definition) is 4. The summed E-state index contributed by atoms with van der Waals surface area (Å²) in [5.41, 5.74) is 3.67. The largest absolute Gasteiger partial charge is 0.361 e. The maximum absolute atomic E-state index is 13.0. The number of benzene rings is 2. The number of carbonyl (C=O) groups excluding carboxylic acids is 2. The van der Waals surface area contributed by atoms with Crippen LogP contribution in [0.3, 0.4) is 0 Å². The molecule has 0 bridgehead atoms. The highest BCUT2D eigenvalue weighted by atomic mass is 16.5. The number of rotatable bonds is 7. The summed E-state index contributed by atoms with van der Waals surface area (Å²) in [7, 11) is 1.85. The summed E-state index contributed by atoms with van der Waals surface area (Å²) < 4.78 is 5.47. The lowest BCUT2D eigenvalue weighted by atomic mass is 9.95. The fraction of sp³-hybridized carbons (Fsp3) is 0.370. The molecule has 0 spiro atoms. The molecule has 33 heavy (non-hydrogen) atoms. The van der Waals surface area contributed by atoms with Gasteiger partial charge in [-0.25, -0.2) is 0 Å². The quantitative estimate of drug-likeness (QED) is 0.533. The molecule has 0 N–H and O–H groups in total. The molecule has 0 aliphatic carbocycles. The van der Waals surface area contributed by atoms with Gasteiger partial charge in [0.2, 0.25) is 5.91 Å². The molecule has 1 aliphatic rings. The molecule has 2 heterocycles. The minimum absolute atomic E-state index is 0.00897. The van der Waals surface area contributed by atoms with Gasteiger partial charge in [-0.1, -0.05) is 53.2 Å². The normalized spacial score (nSPS) is 15.9. The predicted octanol–water partition coefficient (Wildman–Crippen LogP) is 4.59. The lowest BCUT2D eigenvalue weighted by Gasteiger charge is -2.34. The van der Waals surface area contributed by atoms with Crippen molar-refractivity contribution >= 4 is 11.8 Å². The van der Waals surface area contributed by atoms with Crippen LogP contribution in [0.5, 0.6) is 0 Å². The number of hydrogen-bond donors (Lipinski definition) is 0. The molecular weight excluding hydrogens is 414 g/mol. The van der Waals surface area contributed by atoms with Crippen molar-refractivity contribution in [3.63, 3.8) is 0 Å². The monoisotopic (exact) mass is 445 g/mol. The minimum Gasteiger partial charge on any atom is -0.361 e. The molecule has 1 unspecified atom stereocenters. The summed E-state index contributed by atoms with van der Waals surface area (Å²) in [5.74, 6) is 0.795. The number of likely N-dealkylation sites (tertiary alicyclic amines) is 1. The number of aryl methyl sites for hydroxylation is 2. The van der Waals surface area contributed by atoms with Crippen LogP contribution in [-0.2, 0) is 11.2 Å². The van der Waals surface area contributed by atoms with E-state index in [0.29, 0.717) is 25.2 Å². The first-order valence-corrected chi connectivity index (χ1v) is 11.6. The number of aromatic nitrogens is 1. The van der Waals surface area contributed by atoms with Crippen LogP contribution >= 0.6 is 0 Å². The summed E-state index contributed by atoms with van der Waals surface area (Å²) in [4.78, 5) is 29.5. The van der Waals surface area contributed by atoms with Gasteiger partial charge in [0.1, 0.15) is 11.5 Å². The zero-order valence-electron chi connectivity index (χ0n) is 19.4. The highest BCUT2D eigenvalue weighted by molar-refractivity contribution is 5.94. The third-order valence-corrected chi connectivity index (χ3v) is 6.28. The molecule has 0 saturated carbocycles. The van der Waals surface area contributed by atoms with Gasteiger partial charge in [-0.2, -0.15) is 0 Å². The first-order valence-electron chi connectivity index (χ1n) is 11.6. The molecule has 1 aliphatic heterocycles. The highest BCUT2D eigenvalue weighted by Crippen LogP contribution is 2.22. The molecule has 1 aromatic heterocycles. The molecule has 1 fully saturated rings. The number of nitrogens with zero attached hydrogens (tertiary/aromatic N) is 3. The molecule has 2 aromatic carbocycles. The average Bonchev–Trinajstić information content (AvgIpc) is 3.33. The van der Waals surface area contributed by atoms with Crippen molar-refractivity contribution < 1.29 is 14.1 Å². The minimum atomic E-state index is -0.145. The molecule has 4 rings (SSSR count). The SMILES string of the molecule is Cc1ccc(C(=O)N2CCCC(C(=O)N(C)CCCc3cc(-c4ccccc4)no3)C2)cc1. The Morgan fingerprint density at radius 2 is 1.88 bits per heavy atom. The van der Waals surface area contributed by atoms with Gasteiger partial charge in [0.25, 0.3) is 5.91 Å². The van der Waals surface area contributed by atoms with Crippen molar-refractivity contribution in [2.45, 2.75) is 32.6 Å². The Hall–Kier alpha value is -3.41. The van der Waals surface area contributed by atoms with E-state index in [9.17, 15) is 9.59 Å². The Kier molecular flexibility index (Phi) is 7.23. The van der Waals surface area contributed by atoms with Crippen molar-refractivity contribution in [2.75, 3.05) is 26.7 Å². The fourth-order valence-corrected chi connectivity index (χ4v) is 4.33. The van der Waals surface area contributed by atoms with Crippen LogP contribution in [0.25, 0.3) is 11.3 Å². The van der Waals surface area contributed by atoms with Crippen LogP contribution in [0.15, 0.2) is 65.2 Å². The van der Waals surface area contributed by atoms with Crippen molar-refractivity contribution in [3.8, 4) is 11.3 Å². The Morgan fingerprint density at radius 3 is 2.64 bits per heavy atom. The third-order valence-electron chi connectivity index (χ3n) is 6.28. The van der Waals surface area contributed by atoms with E-state index < -0.39 is 0 Å². The molecule has 2 amide bonds. The van der Waals surface area contributed by atoms with Crippen LogP contribution in [0.2, 0.25) is 0 Å². The van der Waals surface area contributed by atoms with Crippen molar-refractivity contribution in [1.29, 1.82) is 0 Å². The Morgan fingerprint density at radius 1 is 1.12 bits per heavy atom. The van der Waals surface area contributed by atoms with E-state index in [-0.39, 0.29) is 17.7 Å². The van der Waals surface area contributed by atoms with Crippen molar-refractivity contribution in [2.24, 2.45) is 5.92 Å². The lowest BCUT2D eigenvalue weighted by molar-refractivity contribution is -0.135. The third kappa shape index (κ3) is 5.69. The standard InChI is InChI=1S/C27H31N3O3/c1-20-12-14-22(15-13-20)27(32)30-17-6-10-23(19-30)26(31)29(2)16-7-11-24-18-25(28-33-24)21-8-4-3-5-9-21/h3-5,8-9,12-15,18,23H,6-7,10-11,16-17,19H2,1-2H3. The van der Waals surface area contributed by atoms with Crippen LogP contribution in [0.4, 0.5) is 0 Å². The molecule has 1 atom stereocenters. The van der Waals surface area contributed by atoms with E-state index in [0.717, 1.165) is 48.3 Å². The lowest BCUT2D eigenvalue weighted by Crippen LogP contribution is -2.46. The second-order valence-corrected chi connectivity index (χ2v) is 8.86. The van der Waals surface area contributed by atoms with Gasteiger partial charge in [-0.05, 0) is 38.3 Å². The van der Waals surface area contributed by atoms with Gasteiger partial charge in [0.05, 0.1) is 5.92 Å². The predicted molar refractivity (Wildman–Crippen MR) is 128 cm³/mol. The molecule has 6 nitrogen and oxygen atoms in total. The first kappa shape index (κ1) is 22.8. The van der Waals surface area contributed by atoms with Crippen LogP contribution in [0, 0.1) is 12.8 Å². The van der Waals surface area contributed by atoms with Crippen molar-refractivity contribution in [3.05, 3.63) is 77.6 Å². The van der Waals surface area contributed by atoms with Gasteiger partial charge >= 0.3 is 0 Å². The van der Waals surface area contributed by atoms with E-state index in [1.165, 1.54) is 0 Å². The van der Waals surface area contributed by atoms with E-state index >= 15 is 0 Å². The average molecular weight is 446 g/mol. The second kappa shape index (κ2) is 10.5. The molecule has 3 aromatic rings. The number of amides is 2. The summed E-state index contributed by atoms with van der Waals surface area (Å²) in [6.45, 7) is 3.83. The zero-order valence-corrected chi connectivity index (χ0v) is 19.4. The van der Waals surface area contributed by atoms with Gasteiger partial charge in [-0.3, -0.25) is 9.59 Å². The van der Waals surface area contributed by atoms with Crippen LogP contribution in [-0.4, -0.2) is 53.5 Å². The molecular formula is C27H31N3O3. The van der Waals surface area contributed by atoms with E-state index in [2.05, 4.69) is 5.16 Å². The summed E-state index contributed by atoms with van der Waals surface area (Å²) in [6.07, 6.45) is 3.19. The van der Waals surface area contributed by atoms with Crippen LogP contribution < -0.4 is 0 Å². The fourth-order valence-electron chi connectivity index (χ4n) is 4.33. The summed E-state index contributed by atoms with van der Waals surface area (Å²) >= 11 is 0. The van der Waals surface area contributed by atoms with E-state index in [1.54, 1.807) is 4.90 Å². The Labute approximate surface area is 195 Å². The maximum Gasteiger partial charge on any atom is 0.253 e.